The number of halogens is 1. The summed E-state index contributed by atoms with van der Waals surface area (Å²) in [6, 6.07) is 2.73. The maximum absolute atomic E-state index is 10.6. The van der Waals surface area contributed by atoms with E-state index in [9.17, 15) is 10.1 Å². The van der Waals surface area contributed by atoms with Crippen LogP contribution in [-0.4, -0.2) is 11.5 Å². The highest BCUT2D eigenvalue weighted by Gasteiger charge is 2.30. The molecule has 0 fully saturated rings. The van der Waals surface area contributed by atoms with Gasteiger partial charge in [-0.1, -0.05) is 15.9 Å². The molecule has 0 saturated carbocycles. The highest BCUT2D eigenvalue weighted by molar-refractivity contribution is 9.10. The molecule has 0 aromatic heterocycles. The molecule has 0 radical (unpaired) electrons. The number of nitrogens with two attached hydrogens (primary N) is 1. The number of fused-ring (bicyclic) bond motifs is 1. The first-order chi connectivity index (χ1) is 6.61. The number of nitrogens with zero attached hydrogens (tertiary/aromatic N) is 1. The molecule has 0 aliphatic carbocycles. The van der Waals surface area contributed by atoms with Crippen molar-refractivity contribution in [3.63, 3.8) is 0 Å². The minimum atomic E-state index is -0.469. The van der Waals surface area contributed by atoms with Gasteiger partial charge in [-0.2, -0.15) is 0 Å². The first-order valence-corrected chi connectivity index (χ1v) is 4.75. The first kappa shape index (κ1) is 9.42. The normalized spacial score (nSPS) is 18.9. The molecule has 5 nitrogen and oxygen atoms in total. The van der Waals surface area contributed by atoms with Crippen LogP contribution >= 0.6 is 15.9 Å². The van der Waals surface area contributed by atoms with Gasteiger partial charge in [0, 0.05) is 16.1 Å². The molecule has 1 aliphatic heterocycles. The van der Waals surface area contributed by atoms with Crippen molar-refractivity contribution in [1.82, 2.24) is 0 Å². The van der Waals surface area contributed by atoms with Crippen LogP contribution in [0.2, 0.25) is 0 Å². The van der Waals surface area contributed by atoms with Crippen LogP contribution in [0.5, 0.6) is 5.75 Å². The van der Waals surface area contributed by atoms with E-state index in [1.807, 2.05) is 0 Å². The Balaban J connectivity index is 2.64. The zero-order valence-electron chi connectivity index (χ0n) is 7.07. The highest BCUT2D eigenvalue weighted by atomic mass is 79.9. The number of benzene rings is 1. The third kappa shape index (κ3) is 1.27. The minimum absolute atomic E-state index is 0.0313. The van der Waals surface area contributed by atoms with Crippen molar-refractivity contribution in [3.05, 3.63) is 32.3 Å². The van der Waals surface area contributed by atoms with Gasteiger partial charge in [-0.05, 0) is 6.07 Å². The Morgan fingerprint density at radius 1 is 1.64 bits per heavy atom. The number of nitro benzene ring substituents is 1. The zero-order chi connectivity index (χ0) is 10.3. The molecule has 2 N–H and O–H groups in total. The molecule has 1 heterocycles. The Morgan fingerprint density at radius 3 is 3.00 bits per heavy atom. The van der Waals surface area contributed by atoms with Gasteiger partial charge < -0.3 is 10.5 Å². The van der Waals surface area contributed by atoms with Crippen molar-refractivity contribution in [2.45, 2.75) is 6.04 Å². The average molecular weight is 259 g/mol. The predicted octanol–water partition coefficient (Wildman–Crippen LogP) is 1.75. The summed E-state index contributed by atoms with van der Waals surface area (Å²) in [7, 11) is 0. The summed E-state index contributed by atoms with van der Waals surface area (Å²) in [6.45, 7) is 0.290. The number of nitro groups is 1. The molecule has 1 atom stereocenters. The van der Waals surface area contributed by atoms with Gasteiger partial charge in [-0.25, -0.2) is 0 Å². The van der Waals surface area contributed by atoms with Crippen LogP contribution in [0, 0.1) is 10.1 Å². The molecule has 0 saturated heterocycles. The molecule has 0 spiro atoms. The molecular weight excluding hydrogens is 252 g/mol. The van der Waals surface area contributed by atoms with Gasteiger partial charge in [0.25, 0.3) is 0 Å². The molecule has 14 heavy (non-hydrogen) atoms. The van der Waals surface area contributed by atoms with Gasteiger partial charge in [0.2, 0.25) is 5.75 Å². The quantitative estimate of drug-likeness (QED) is 0.615. The second kappa shape index (κ2) is 3.21. The summed E-state index contributed by atoms with van der Waals surface area (Å²) in [5, 5.41) is 10.6. The van der Waals surface area contributed by atoms with E-state index in [1.165, 1.54) is 6.07 Å². The third-order valence-corrected chi connectivity index (χ3v) is 2.79. The van der Waals surface area contributed by atoms with Gasteiger partial charge in [0.05, 0.1) is 11.0 Å². The monoisotopic (exact) mass is 258 g/mol. The average Bonchev–Trinajstić information content (AvgIpc) is 2.49. The van der Waals surface area contributed by atoms with Crippen LogP contribution in [-0.2, 0) is 0 Å². The Hall–Kier alpha value is -1.14. The number of ether oxygens (including phenoxy) is 1. The summed E-state index contributed by atoms with van der Waals surface area (Å²) in [6.07, 6.45) is 0. The van der Waals surface area contributed by atoms with E-state index in [0.717, 1.165) is 4.47 Å². The minimum Gasteiger partial charge on any atom is -0.485 e. The predicted molar refractivity (Wildman–Crippen MR) is 53.2 cm³/mol. The van der Waals surface area contributed by atoms with E-state index in [4.69, 9.17) is 10.5 Å². The fourth-order valence-electron chi connectivity index (χ4n) is 1.46. The molecule has 1 aromatic carbocycles. The van der Waals surface area contributed by atoms with Crippen LogP contribution in [0.1, 0.15) is 11.6 Å². The van der Waals surface area contributed by atoms with Crippen LogP contribution < -0.4 is 10.5 Å². The van der Waals surface area contributed by atoms with Gasteiger partial charge in [-0.15, -0.1) is 0 Å². The Bertz CT molecular complexity index is 408. The maximum Gasteiger partial charge on any atom is 0.311 e. The highest BCUT2D eigenvalue weighted by Crippen LogP contribution is 2.42. The lowest BCUT2D eigenvalue weighted by Gasteiger charge is -2.03. The van der Waals surface area contributed by atoms with E-state index in [-0.39, 0.29) is 17.5 Å². The van der Waals surface area contributed by atoms with E-state index in [1.54, 1.807) is 6.07 Å². The van der Waals surface area contributed by atoms with E-state index in [2.05, 4.69) is 15.9 Å². The summed E-state index contributed by atoms with van der Waals surface area (Å²) in [5.41, 5.74) is 6.39. The topological polar surface area (TPSA) is 78.4 Å². The second-order valence-corrected chi connectivity index (χ2v) is 3.84. The van der Waals surface area contributed by atoms with Crippen LogP contribution in [0.15, 0.2) is 16.6 Å². The van der Waals surface area contributed by atoms with Crippen molar-refractivity contribution < 1.29 is 9.66 Å². The maximum atomic E-state index is 10.6. The molecule has 74 valence electrons. The summed E-state index contributed by atoms with van der Waals surface area (Å²) in [5.74, 6) is 0.289. The smallest absolute Gasteiger partial charge is 0.311 e. The standard InChI is InChI=1S/C8H7BrN2O3/c9-4-1-2-6(11(12)13)8-7(4)5(10)3-14-8/h1-2,5H,3,10H2/t5-/m0/s1. The Morgan fingerprint density at radius 2 is 2.36 bits per heavy atom. The fourth-order valence-corrected chi connectivity index (χ4v) is 2.07. The van der Waals surface area contributed by atoms with Crippen molar-refractivity contribution in [2.75, 3.05) is 6.61 Å². The Labute approximate surface area is 88.1 Å². The number of hydrogen-bond acceptors (Lipinski definition) is 4. The van der Waals surface area contributed by atoms with Gasteiger partial charge in [-0.3, -0.25) is 10.1 Å². The van der Waals surface area contributed by atoms with Gasteiger partial charge in [0.1, 0.15) is 6.61 Å². The third-order valence-electron chi connectivity index (χ3n) is 2.10. The Kier molecular flexibility index (Phi) is 2.16. The molecule has 1 aliphatic rings. The fraction of sp³-hybridized carbons (Fsp3) is 0.250. The molecule has 0 bridgehead atoms. The van der Waals surface area contributed by atoms with Gasteiger partial charge >= 0.3 is 5.69 Å². The lowest BCUT2D eigenvalue weighted by molar-refractivity contribution is -0.385. The van der Waals surface area contributed by atoms with E-state index in [0.29, 0.717) is 12.2 Å². The van der Waals surface area contributed by atoms with Gasteiger partial charge in [0.15, 0.2) is 0 Å². The zero-order valence-corrected chi connectivity index (χ0v) is 8.65. The summed E-state index contributed by atoms with van der Waals surface area (Å²) < 4.78 is 5.94. The van der Waals surface area contributed by atoms with Crippen molar-refractivity contribution in [1.29, 1.82) is 0 Å². The second-order valence-electron chi connectivity index (χ2n) is 2.98. The summed E-state index contributed by atoms with van der Waals surface area (Å²) in [4.78, 5) is 10.2. The molecule has 1 aromatic rings. The largest absolute Gasteiger partial charge is 0.485 e. The van der Waals surface area contributed by atoms with Crippen molar-refractivity contribution in [2.24, 2.45) is 5.73 Å². The van der Waals surface area contributed by atoms with Crippen molar-refractivity contribution >= 4 is 21.6 Å². The lowest BCUT2D eigenvalue weighted by Crippen LogP contribution is -2.11. The molecule has 0 unspecified atom stereocenters. The van der Waals surface area contributed by atoms with Crippen LogP contribution in [0.3, 0.4) is 0 Å². The van der Waals surface area contributed by atoms with Crippen LogP contribution in [0.4, 0.5) is 5.69 Å². The first-order valence-electron chi connectivity index (χ1n) is 3.96. The SMILES string of the molecule is N[C@H]1COc2c([N+](=O)[O-])ccc(Br)c21. The molecule has 0 amide bonds. The number of hydrogen-bond donors (Lipinski definition) is 1. The van der Waals surface area contributed by atoms with Crippen LogP contribution in [0.25, 0.3) is 0 Å². The number of rotatable bonds is 1. The lowest BCUT2D eigenvalue weighted by atomic mass is 10.1. The molecule has 6 heteroatoms. The van der Waals surface area contributed by atoms with E-state index < -0.39 is 4.92 Å². The summed E-state index contributed by atoms with van der Waals surface area (Å²) >= 11 is 3.29. The molecular formula is C8H7BrN2O3. The van der Waals surface area contributed by atoms with E-state index >= 15 is 0 Å². The molecule has 2 rings (SSSR count). The van der Waals surface area contributed by atoms with Crippen molar-refractivity contribution in [3.8, 4) is 5.75 Å².